The largest absolute Gasteiger partial charge is 0.481 e. The number of methoxy groups -OCH3 is 1. The summed E-state index contributed by atoms with van der Waals surface area (Å²) in [5, 5.41) is 0. The first-order chi connectivity index (χ1) is 10.4. The molecule has 2 aliphatic rings. The Morgan fingerprint density at radius 1 is 1.48 bits per heavy atom. The van der Waals surface area contributed by atoms with E-state index in [1.54, 1.807) is 13.3 Å². The maximum absolute atomic E-state index is 5.84. The number of thioether (sulfide) groups is 1. The molecule has 0 aliphatic carbocycles. The van der Waals surface area contributed by atoms with Crippen LogP contribution in [0.4, 0.5) is 0 Å². The molecule has 0 saturated carbocycles. The van der Waals surface area contributed by atoms with E-state index in [1.807, 2.05) is 6.07 Å². The highest BCUT2D eigenvalue weighted by Crippen LogP contribution is 2.27. The normalized spacial score (nSPS) is 25.6. The van der Waals surface area contributed by atoms with Crippen molar-refractivity contribution in [2.75, 3.05) is 31.8 Å². The fraction of sp³-hybridized carbons (Fsp3) is 0.688. The summed E-state index contributed by atoms with van der Waals surface area (Å²) in [6, 6.07) is 4.77. The number of aromatic nitrogens is 1. The Labute approximate surface area is 131 Å². The summed E-state index contributed by atoms with van der Waals surface area (Å²) >= 11 is 2.06. The van der Waals surface area contributed by atoms with Gasteiger partial charge in [0.15, 0.2) is 0 Å². The van der Waals surface area contributed by atoms with Crippen LogP contribution in [-0.2, 0) is 11.3 Å². The molecular formula is C16H24N2O2S. The lowest BCUT2D eigenvalue weighted by atomic mass is 10.1. The van der Waals surface area contributed by atoms with Crippen molar-refractivity contribution in [3.8, 4) is 5.88 Å². The minimum atomic E-state index is 0.401. The average molecular weight is 308 g/mol. The number of pyridine rings is 1. The molecule has 1 aromatic heterocycles. The lowest BCUT2D eigenvalue weighted by molar-refractivity contribution is 0.0571. The van der Waals surface area contributed by atoms with E-state index < -0.39 is 0 Å². The summed E-state index contributed by atoms with van der Waals surface area (Å²) in [4.78, 5) is 6.90. The van der Waals surface area contributed by atoms with Crippen LogP contribution in [0.15, 0.2) is 18.3 Å². The Kier molecular flexibility index (Phi) is 5.38. The van der Waals surface area contributed by atoms with Crippen LogP contribution in [0.3, 0.4) is 0 Å². The minimum Gasteiger partial charge on any atom is -0.481 e. The zero-order valence-electron chi connectivity index (χ0n) is 12.7. The van der Waals surface area contributed by atoms with Crippen molar-refractivity contribution >= 4 is 11.8 Å². The summed E-state index contributed by atoms with van der Waals surface area (Å²) in [5.74, 6) is 3.26. The van der Waals surface area contributed by atoms with Gasteiger partial charge in [-0.1, -0.05) is 6.07 Å². The molecule has 2 aliphatic heterocycles. The molecule has 2 fully saturated rings. The first kappa shape index (κ1) is 15.1. The van der Waals surface area contributed by atoms with E-state index in [-0.39, 0.29) is 0 Å². The van der Waals surface area contributed by atoms with Crippen molar-refractivity contribution < 1.29 is 9.47 Å². The van der Waals surface area contributed by atoms with Crippen LogP contribution < -0.4 is 4.74 Å². The summed E-state index contributed by atoms with van der Waals surface area (Å²) in [5.41, 5.74) is 1.18. The Balaban J connectivity index is 1.71. The second-order valence-corrected chi connectivity index (χ2v) is 6.90. The fourth-order valence-electron chi connectivity index (χ4n) is 3.15. The standard InChI is InChI=1S/C16H24N2O2S/c1-19-16-13(4-2-7-17-16)10-18(14-6-9-21-12-14)11-15-5-3-8-20-15/h2,4,7,14-15H,3,5-6,8-12H2,1H3/t14-,15+/m0/s1. The molecule has 2 saturated heterocycles. The molecule has 1 aromatic rings. The van der Waals surface area contributed by atoms with Gasteiger partial charge in [-0.2, -0.15) is 11.8 Å². The van der Waals surface area contributed by atoms with Gasteiger partial charge in [0.2, 0.25) is 5.88 Å². The van der Waals surface area contributed by atoms with Crippen LogP contribution in [0.5, 0.6) is 5.88 Å². The fourth-order valence-corrected chi connectivity index (χ4v) is 4.40. The zero-order chi connectivity index (χ0) is 14.5. The van der Waals surface area contributed by atoms with Gasteiger partial charge in [-0.05, 0) is 31.1 Å². The molecule has 3 rings (SSSR count). The summed E-state index contributed by atoms with van der Waals surface area (Å²) in [6.45, 7) is 2.86. The van der Waals surface area contributed by atoms with Gasteiger partial charge in [0, 0.05) is 43.3 Å². The topological polar surface area (TPSA) is 34.6 Å². The van der Waals surface area contributed by atoms with Crippen LogP contribution in [0, 0.1) is 0 Å². The second kappa shape index (κ2) is 7.47. The van der Waals surface area contributed by atoms with E-state index in [9.17, 15) is 0 Å². The molecule has 4 nitrogen and oxygen atoms in total. The highest BCUT2D eigenvalue weighted by atomic mass is 32.2. The van der Waals surface area contributed by atoms with Crippen molar-refractivity contribution in [3.05, 3.63) is 23.9 Å². The molecule has 0 bridgehead atoms. The van der Waals surface area contributed by atoms with Gasteiger partial charge in [-0.3, -0.25) is 4.90 Å². The van der Waals surface area contributed by atoms with Crippen LogP contribution >= 0.6 is 11.8 Å². The first-order valence-electron chi connectivity index (χ1n) is 7.78. The SMILES string of the molecule is COc1ncccc1CN(C[C@H]1CCCO1)[C@H]1CCSC1. The Hall–Kier alpha value is -0.780. The maximum Gasteiger partial charge on any atom is 0.217 e. The molecule has 0 spiro atoms. The number of ether oxygens (including phenoxy) is 2. The van der Waals surface area contributed by atoms with Crippen LogP contribution in [0.25, 0.3) is 0 Å². The molecule has 116 valence electrons. The summed E-state index contributed by atoms with van der Waals surface area (Å²) < 4.78 is 11.2. The summed E-state index contributed by atoms with van der Waals surface area (Å²) in [6.07, 6.45) is 5.87. The number of rotatable bonds is 6. The highest BCUT2D eigenvalue weighted by Gasteiger charge is 2.28. The third-order valence-electron chi connectivity index (χ3n) is 4.30. The van der Waals surface area contributed by atoms with Gasteiger partial charge in [0.25, 0.3) is 0 Å². The first-order valence-corrected chi connectivity index (χ1v) is 8.93. The van der Waals surface area contributed by atoms with Crippen LogP contribution in [0.1, 0.15) is 24.8 Å². The molecule has 0 unspecified atom stereocenters. The Morgan fingerprint density at radius 2 is 2.43 bits per heavy atom. The maximum atomic E-state index is 5.84. The monoisotopic (exact) mass is 308 g/mol. The van der Waals surface area contributed by atoms with E-state index >= 15 is 0 Å². The van der Waals surface area contributed by atoms with Gasteiger partial charge >= 0.3 is 0 Å². The van der Waals surface area contributed by atoms with Gasteiger partial charge in [-0.15, -0.1) is 0 Å². The van der Waals surface area contributed by atoms with Crippen LogP contribution in [0.2, 0.25) is 0 Å². The lowest BCUT2D eigenvalue weighted by Crippen LogP contribution is -2.40. The van der Waals surface area contributed by atoms with Crippen molar-refractivity contribution in [3.63, 3.8) is 0 Å². The smallest absolute Gasteiger partial charge is 0.217 e. The number of hydrogen-bond donors (Lipinski definition) is 0. The predicted octanol–water partition coefficient (Wildman–Crippen LogP) is 2.58. The molecule has 0 amide bonds. The minimum absolute atomic E-state index is 0.401. The predicted molar refractivity (Wildman–Crippen MR) is 85.9 cm³/mol. The Bertz CT molecular complexity index is 446. The van der Waals surface area contributed by atoms with Crippen molar-refractivity contribution in [1.82, 2.24) is 9.88 Å². The average Bonchev–Trinajstić information content (AvgIpc) is 3.20. The van der Waals surface area contributed by atoms with E-state index in [0.717, 1.165) is 25.6 Å². The molecule has 0 N–H and O–H groups in total. The third-order valence-corrected chi connectivity index (χ3v) is 5.45. The zero-order valence-corrected chi connectivity index (χ0v) is 13.5. The van der Waals surface area contributed by atoms with Gasteiger partial charge in [-0.25, -0.2) is 4.98 Å². The van der Waals surface area contributed by atoms with E-state index in [1.165, 1.54) is 36.3 Å². The van der Waals surface area contributed by atoms with Crippen LogP contribution in [-0.4, -0.2) is 53.8 Å². The van der Waals surface area contributed by atoms with Crippen molar-refractivity contribution in [2.24, 2.45) is 0 Å². The van der Waals surface area contributed by atoms with E-state index in [4.69, 9.17) is 9.47 Å². The molecular weight excluding hydrogens is 284 g/mol. The third kappa shape index (κ3) is 3.90. The summed E-state index contributed by atoms with van der Waals surface area (Å²) in [7, 11) is 1.70. The molecule has 0 radical (unpaired) electrons. The van der Waals surface area contributed by atoms with Gasteiger partial charge in [0.1, 0.15) is 0 Å². The lowest BCUT2D eigenvalue weighted by Gasteiger charge is -2.30. The quantitative estimate of drug-likeness (QED) is 0.807. The van der Waals surface area contributed by atoms with Gasteiger partial charge < -0.3 is 9.47 Å². The van der Waals surface area contributed by atoms with Crippen molar-refractivity contribution in [2.45, 2.75) is 38.0 Å². The highest BCUT2D eigenvalue weighted by molar-refractivity contribution is 7.99. The molecule has 3 heterocycles. The molecule has 0 aromatic carbocycles. The molecule has 5 heteroatoms. The number of nitrogens with zero attached hydrogens (tertiary/aromatic N) is 2. The molecule has 21 heavy (non-hydrogen) atoms. The van der Waals surface area contributed by atoms with E-state index in [0.29, 0.717) is 12.1 Å². The van der Waals surface area contributed by atoms with Crippen molar-refractivity contribution in [1.29, 1.82) is 0 Å². The second-order valence-electron chi connectivity index (χ2n) is 5.75. The number of hydrogen-bond acceptors (Lipinski definition) is 5. The molecule has 2 atom stereocenters. The Morgan fingerprint density at radius 3 is 3.14 bits per heavy atom. The van der Waals surface area contributed by atoms with E-state index in [2.05, 4.69) is 27.7 Å². The van der Waals surface area contributed by atoms with Gasteiger partial charge in [0.05, 0.1) is 13.2 Å².